The largest absolute Gasteiger partial charge is 0.495 e. The number of likely N-dealkylation sites (N-methyl/N-ethyl adjacent to an activating group) is 1. The number of ether oxygens (including phenoxy) is 4. The fraction of sp³-hybridized carbons (Fsp3) is 0.537. The second-order valence-electron chi connectivity index (χ2n) is 20.1. The summed E-state index contributed by atoms with van der Waals surface area (Å²) < 4.78 is 24.8. The molecule has 1 aromatic heterocycles. The molecule has 23 nitrogen and oxygen atoms in total. The van der Waals surface area contributed by atoms with Gasteiger partial charge in [0.25, 0.3) is 11.8 Å². The van der Waals surface area contributed by atoms with Gasteiger partial charge >= 0.3 is 12.1 Å². The van der Waals surface area contributed by atoms with E-state index in [1.165, 1.54) is 47.1 Å². The molecular weight excluding hydrogens is 1030 g/mol. The molecule has 0 saturated carbocycles. The van der Waals surface area contributed by atoms with Gasteiger partial charge in [0.1, 0.15) is 35.1 Å². The summed E-state index contributed by atoms with van der Waals surface area (Å²) in [5, 5.41) is 47.5. The summed E-state index contributed by atoms with van der Waals surface area (Å²) in [6.07, 6.45) is -2.48. The molecule has 1 saturated heterocycles. The lowest BCUT2D eigenvalue weighted by molar-refractivity contribution is -0.176. The number of aliphatic hydroxyl groups is 3. The standard InChI is InChI=1S/C54H76ClN9O14/c1-32-14-13-17-42(76-10)54(74)30-41(77-52(72)60-54)33(2)29-53(4,73)43(28-46(67)63(8)39-25-35(24-32)26-40(75-9)47(39)55)78-51(71)34(3)62(7)45(66)18-20-58-49(69)48(68)50(70)59-22-21-57-44(65)19-23-64-37(31-61(6)56-5)27-36-15-11-12-16-38(36)64/h11-17,25-27,33-34,41-43,48,56,68,73-74H,18-24,28-31H2,1-10H3,(H,57,65)(H,58,69)(H,59,70)(H,60,72)/b17-13+,32-14+/t33-,34-,41-,42+,43?,48?,53+,54-/m0/s1. The van der Waals surface area contributed by atoms with Gasteiger partial charge < -0.3 is 64.6 Å². The lowest BCUT2D eigenvalue weighted by Crippen LogP contribution is -2.63. The Morgan fingerprint density at radius 3 is 2.35 bits per heavy atom. The summed E-state index contributed by atoms with van der Waals surface area (Å²) in [4.78, 5) is 95.0. The molecule has 24 heteroatoms. The quantitative estimate of drug-likeness (QED) is 0.0370. The van der Waals surface area contributed by atoms with Crippen molar-refractivity contribution >= 4 is 69.8 Å². The number of aliphatic hydroxyl groups excluding tert-OH is 1. The van der Waals surface area contributed by atoms with Crippen LogP contribution in [0.4, 0.5) is 10.5 Å². The molecule has 6 amide bonds. The molecule has 0 radical (unpaired) electrons. The van der Waals surface area contributed by atoms with Gasteiger partial charge in [-0.3, -0.25) is 34.7 Å². The fourth-order valence-electron chi connectivity index (χ4n) is 9.32. The van der Waals surface area contributed by atoms with E-state index in [9.17, 15) is 48.9 Å². The molecule has 3 aromatic rings. The van der Waals surface area contributed by atoms with Crippen molar-refractivity contribution in [1.82, 2.24) is 41.2 Å². The molecule has 2 aromatic carbocycles. The summed E-state index contributed by atoms with van der Waals surface area (Å²) in [7, 11) is 9.31. The number of fused-ring (bicyclic) bond motifs is 5. The second kappa shape index (κ2) is 27.8. The van der Waals surface area contributed by atoms with Gasteiger partial charge in [-0.2, -0.15) is 0 Å². The SMILES string of the molecule is CNN(C)Cc1cc2ccccc2n1CCC(=O)NCCNC(=O)C(O)C(=O)NCCC(=O)N(C)[C@@H](C)C(=O)OC1CC(=O)N(C)c2cc(cc(OC)c2Cl)C/C(C)=C/C=C/[C@@H](OC)[C@@]2(O)C[C@H](OC(=O)N2)[C@@H](C)C[C@@]1(C)O. The predicted octanol–water partition coefficient (Wildman–Crippen LogP) is 2.21. The van der Waals surface area contributed by atoms with Crippen LogP contribution in [0.1, 0.15) is 71.1 Å². The van der Waals surface area contributed by atoms with Crippen LogP contribution in [-0.4, -0.2) is 175 Å². The lowest BCUT2D eigenvalue weighted by atomic mass is 9.81. The molecule has 2 aliphatic heterocycles. The average Bonchev–Trinajstić information content (AvgIpc) is 3.76. The van der Waals surface area contributed by atoms with E-state index in [2.05, 4.69) is 37.3 Å². The first-order valence-corrected chi connectivity index (χ1v) is 26.1. The number of allylic oxidation sites excluding steroid dienone is 3. The number of amides is 6. The van der Waals surface area contributed by atoms with Crippen molar-refractivity contribution in [3.8, 4) is 5.75 Å². The molecule has 2 unspecified atom stereocenters. The van der Waals surface area contributed by atoms with E-state index in [0.29, 0.717) is 25.1 Å². The Morgan fingerprint density at radius 1 is 0.987 bits per heavy atom. The second-order valence-corrected chi connectivity index (χ2v) is 20.5. The van der Waals surface area contributed by atoms with Crippen molar-refractivity contribution < 1.29 is 67.8 Å². The molecule has 8 atom stereocenters. The highest BCUT2D eigenvalue weighted by Gasteiger charge is 2.49. The van der Waals surface area contributed by atoms with Crippen LogP contribution in [0.25, 0.3) is 10.9 Å². The molecule has 8 N–H and O–H groups in total. The normalized spacial score (nSPS) is 23.9. The third-order valence-electron chi connectivity index (χ3n) is 14.1. The van der Waals surface area contributed by atoms with Crippen LogP contribution in [-0.2, 0) is 62.5 Å². The molecule has 0 spiro atoms. The third kappa shape index (κ3) is 16.2. The number of carbonyl (C=O) groups excluding carboxylic acids is 7. The highest BCUT2D eigenvalue weighted by atomic mass is 35.5. The summed E-state index contributed by atoms with van der Waals surface area (Å²) in [5.41, 5.74) is 2.96. The highest BCUT2D eigenvalue weighted by Crippen LogP contribution is 2.38. The Labute approximate surface area is 459 Å². The molecule has 1 fully saturated rings. The van der Waals surface area contributed by atoms with Gasteiger partial charge in [0.15, 0.2) is 5.72 Å². The van der Waals surface area contributed by atoms with Crippen LogP contribution in [0.15, 0.2) is 66.3 Å². The Morgan fingerprint density at radius 2 is 1.67 bits per heavy atom. The number of alkyl carbamates (subject to hydrolysis) is 1. The summed E-state index contributed by atoms with van der Waals surface area (Å²) >= 11 is 6.77. The zero-order valence-electron chi connectivity index (χ0n) is 46.0. The maximum atomic E-state index is 14.3. The molecule has 428 valence electrons. The first-order chi connectivity index (χ1) is 36.8. The number of esters is 1. The molecule has 5 rings (SSSR count). The lowest BCUT2D eigenvalue weighted by Gasteiger charge is -2.43. The minimum Gasteiger partial charge on any atom is -0.495 e. The van der Waals surface area contributed by atoms with Gasteiger partial charge in [-0.15, -0.1) is 0 Å². The van der Waals surface area contributed by atoms with E-state index in [-0.39, 0.29) is 67.7 Å². The average molecular weight is 1110 g/mol. The number of rotatable bonds is 19. The van der Waals surface area contributed by atoms with Crippen molar-refractivity contribution in [1.29, 1.82) is 0 Å². The number of para-hydroxylation sites is 1. The minimum atomic E-state index is -2.14. The van der Waals surface area contributed by atoms with Crippen molar-refractivity contribution in [3.63, 3.8) is 0 Å². The van der Waals surface area contributed by atoms with Crippen LogP contribution in [0.3, 0.4) is 0 Å². The van der Waals surface area contributed by atoms with E-state index in [1.54, 1.807) is 37.3 Å². The number of halogens is 1. The monoisotopic (exact) mass is 1110 g/mol. The molecule has 2 aliphatic rings. The summed E-state index contributed by atoms with van der Waals surface area (Å²) in [6.45, 7) is 6.85. The Bertz CT molecular complexity index is 2710. The number of anilines is 1. The van der Waals surface area contributed by atoms with E-state index < -0.39 is 89.8 Å². The van der Waals surface area contributed by atoms with E-state index in [0.717, 1.165) is 27.1 Å². The predicted molar refractivity (Wildman–Crippen MR) is 290 cm³/mol. The van der Waals surface area contributed by atoms with Gasteiger partial charge in [0.05, 0.1) is 31.4 Å². The number of hydrazine groups is 1. The number of aromatic nitrogens is 1. The summed E-state index contributed by atoms with van der Waals surface area (Å²) in [5.74, 6) is -5.13. The number of carbonyl (C=O) groups is 7. The van der Waals surface area contributed by atoms with Crippen LogP contribution in [0.5, 0.6) is 5.75 Å². The van der Waals surface area contributed by atoms with Crippen molar-refractivity contribution in [2.45, 2.75) is 121 Å². The smallest absolute Gasteiger partial charge is 0.409 e. The maximum Gasteiger partial charge on any atom is 0.409 e. The Balaban J connectivity index is 1.19. The van der Waals surface area contributed by atoms with Crippen LogP contribution < -0.4 is 36.3 Å². The molecule has 3 heterocycles. The number of nitrogens with zero attached hydrogens (tertiary/aromatic N) is 4. The maximum absolute atomic E-state index is 14.3. The zero-order chi connectivity index (χ0) is 57.6. The number of hydrogen-bond acceptors (Lipinski definition) is 16. The van der Waals surface area contributed by atoms with Gasteiger partial charge in [0.2, 0.25) is 23.8 Å². The van der Waals surface area contributed by atoms with E-state index in [1.807, 2.05) is 50.3 Å². The number of benzene rings is 2. The highest BCUT2D eigenvalue weighted by molar-refractivity contribution is 6.35. The van der Waals surface area contributed by atoms with Crippen LogP contribution in [0, 0.1) is 5.92 Å². The zero-order valence-corrected chi connectivity index (χ0v) is 46.8. The molecule has 0 aliphatic carbocycles. The van der Waals surface area contributed by atoms with E-state index in [4.69, 9.17) is 30.5 Å². The van der Waals surface area contributed by atoms with E-state index >= 15 is 0 Å². The van der Waals surface area contributed by atoms with Crippen molar-refractivity contribution in [2.24, 2.45) is 5.92 Å². The van der Waals surface area contributed by atoms with Crippen LogP contribution in [0.2, 0.25) is 5.02 Å². The first kappa shape index (κ1) is 62.2. The number of nitrogens with one attached hydrogen (secondary N) is 5. The fourth-order valence-corrected chi connectivity index (χ4v) is 9.63. The van der Waals surface area contributed by atoms with Gasteiger partial charge in [-0.1, -0.05) is 60.5 Å². The van der Waals surface area contributed by atoms with Crippen molar-refractivity contribution in [2.75, 3.05) is 66.9 Å². The third-order valence-corrected chi connectivity index (χ3v) is 14.5. The number of aryl methyl sites for hydroxylation is 1. The first-order valence-electron chi connectivity index (χ1n) is 25.7. The molecule has 78 heavy (non-hydrogen) atoms. The Kier molecular flexibility index (Phi) is 22.2. The number of methoxy groups -OCH3 is 2. The Hall–Kier alpha value is -6.60. The van der Waals surface area contributed by atoms with Crippen molar-refractivity contribution in [3.05, 3.63) is 82.5 Å². The van der Waals surface area contributed by atoms with Gasteiger partial charge in [-0.05, 0) is 81.8 Å². The van der Waals surface area contributed by atoms with Crippen LogP contribution >= 0.6 is 11.6 Å². The topological polar surface area (TPSA) is 292 Å². The van der Waals surface area contributed by atoms with Gasteiger partial charge in [0, 0.05) is 84.9 Å². The molecule has 4 bridgehead atoms. The summed E-state index contributed by atoms with van der Waals surface area (Å²) in [6, 6.07) is 12.1. The molecular formula is C54H76ClN9O14. The minimum absolute atomic E-state index is 0.0261. The number of hydrogen-bond donors (Lipinski definition) is 8. The van der Waals surface area contributed by atoms with Gasteiger partial charge in [-0.25, -0.2) is 14.6 Å².